The molecule has 2 aliphatic heterocycles. The molecule has 3 rings (SSSR count). The normalized spacial score (nSPS) is 20.3. The molecular weight excluding hydrogens is 369 g/mol. The summed E-state index contributed by atoms with van der Waals surface area (Å²) in [4.78, 5) is 6.37. The minimum atomic E-state index is -4.26. The predicted octanol–water partition coefficient (Wildman–Crippen LogP) is 4.90. The van der Waals surface area contributed by atoms with Crippen LogP contribution in [0, 0.1) is 12.8 Å². The molecule has 7 heteroatoms. The SMILES string of the molecule is CC.CC[C@@H]1CCCN1CC1CCOCC1.Cc1cc(C(F)(F)F)ccn1.O. The van der Waals surface area contributed by atoms with Crippen LogP contribution in [-0.2, 0) is 10.9 Å². The predicted molar refractivity (Wildman–Crippen MR) is 107 cm³/mol. The summed E-state index contributed by atoms with van der Waals surface area (Å²) in [6.45, 7) is 12.5. The lowest BCUT2D eigenvalue weighted by atomic mass is 9.99. The van der Waals surface area contributed by atoms with Crippen LogP contribution in [0.3, 0.4) is 0 Å². The van der Waals surface area contributed by atoms with Crippen LogP contribution in [0.5, 0.6) is 0 Å². The zero-order chi connectivity index (χ0) is 20.3. The lowest BCUT2D eigenvalue weighted by Crippen LogP contribution is -2.35. The number of pyridine rings is 1. The molecule has 2 aliphatic rings. The molecule has 0 radical (unpaired) electrons. The second-order valence-electron chi connectivity index (χ2n) is 6.94. The van der Waals surface area contributed by atoms with Crippen molar-refractivity contribution in [3.63, 3.8) is 0 Å². The third-order valence-electron chi connectivity index (χ3n) is 5.03. The Hall–Kier alpha value is -1.18. The van der Waals surface area contributed by atoms with E-state index >= 15 is 0 Å². The molecule has 0 saturated carbocycles. The van der Waals surface area contributed by atoms with E-state index in [1.165, 1.54) is 52.1 Å². The number of nitrogens with zero attached hydrogens (tertiary/aromatic N) is 2. The molecule has 2 fully saturated rings. The molecule has 3 heterocycles. The fraction of sp³-hybridized carbons (Fsp3) is 0.762. The third kappa shape index (κ3) is 9.34. The summed E-state index contributed by atoms with van der Waals surface area (Å²) in [6.07, 6.45) is 3.65. The fourth-order valence-corrected chi connectivity index (χ4v) is 3.58. The number of alkyl halides is 3. The standard InChI is InChI=1S/C12H23NO.C7H6F3N.C2H6.H2O/c1-2-12-4-3-7-13(12)10-11-5-8-14-9-6-11;1-5-4-6(2-3-11-5)7(8,9)10;1-2;/h11-12H,2-10H2,1H3;2-4H,1H3;1-2H3;1H2/t12-;;;/m1.../s1. The maximum absolute atomic E-state index is 11.9. The molecule has 0 aromatic carbocycles. The molecule has 4 nitrogen and oxygen atoms in total. The number of hydrogen-bond donors (Lipinski definition) is 0. The van der Waals surface area contributed by atoms with Gasteiger partial charge >= 0.3 is 6.18 Å². The van der Waals surface area contributed by atoms with Gasteiger partial charge in [-0.25, -0.2) is 0 Å². The van der Waals surface area contributed by atoms with Crippen LogP contribution >= 0.6 is 0 Å². The summed E-state index contributed by atoms with van der Waals surface area (Å²) in [5.41, 5.74) is -0.273. The summed E-state index contributed by atoms with van der Waals surface area (Å²) < 4.78 is 41.2. The van der Waals surface area contributed by atoms with Crippen LogP contribution < -0.4 is 0 Å². The first-order valence-corrected chi connectivity index (χ1v) is 10.2. The number of halogens is 3. The molecule has 0 spiro atoms. The van der Waals surface area contributed by atoms with Crippen molar-refractivity contribution in [1.29, 1.82) is 0 Å². The summed E-state index contributed by atoms with van der Waals surface area (Å²) in [6, 6.07) is 2.85. The van der Waals surface area contributed by atoms with Gasteiger partial charge in [-0.05, 0) is 63.6 Å². The van der Waals surface area contributed by atoms with Crippen molar-refractivity contribution in [3.8, 4) is 0 Å². The fourth-order valence-electron chi connectivity index (χ4n) is 3.58. The van der Waals surface area contributed by atoms with Gasteiger partial charge in [0.25, 0.3) is 0 Å². The van der Waals surface area contributed by atoms with E-state index in [4.69, 9.17) is 4.74 Å². The summed E-state index contributed by atoms with van der Waals surface area (Å²) >= 11 is 0. The Kier molecular flexibility index (Phi) is 13.3. The summed E-state index contributed by atoms with van der Waals surface area (Å²) in [5.74, 6) is 0.913. The van der Waals surface area contributed by atoms with Crippen molar-refractivity contribution in [2.24, 2.45) is 5.92 Å². The van der Waals surface area contributed by atoms with E-state index < -0.39 is 11.7 Å². The highest BCUT2D eigenvalue weighted by Gasteiger charge is 2.30. The average molecular weight is 407 g/mol. The van der Waals surface area contributed by atoms with Gasteiger partial charge in [0.15, 0.2) is 0 Å². The molecule has 0 bridgehead atoms. The van der Waals surface area contributed by atoms with Gasteiger partial charge in [0.2, 0.25) is 0 Å². The lowest BCUT2D eigenvalue weighted by Gasteiger charge is -2.30. The van der Waals surface area contributed by atoms with Gasteiger partial charge < -0.3 is 15.1 Å². The van der Waals surface area contributed by atoms with Crippen LogP contribution in [0.15, 0.2) is 18.3 Å². The molecule has 2 N–H and O–H groups in total. The second kappa shape index (κ2) is 13.9. The smallest absolute Gasteiger partial charge is 0.412 e. The highest BCUT2D eigenvalue weighted by atomic mass is 19.4. The molecule has 164 valence electrons. The Bertz CT molecular complexity index is 521. The summed E-state index contributed by atoms with van der Waals surface area (Å²) in [5, 5.41) is 0. The lowest BCUT2D eigenvalue weighted by molar-refractivity contribution is -0.137. The van der Waals surface area contributed by atoms with Crippen LogP contribution in [0.4, 0.5) is 13.2 Å². The second-order valence-corrected chi connectivity index (χ2v) is 6.94. The van der Waals surface area contributed by atoms with E-state index in [2.05, 4.69) is 16.8 Å². The largest absolute Gasteiger partial charge is 0.416 e. The molecule has 1 aromatic rings. The van der Waals surface area contributed by atoms with Gasteiger partial charge in [-0.2, -0.15) is 13.2 Å². The number of aromatic nitrogens is 1. The Morgan fingerprint density at radius 3 is 2.32 bits per heavy atom. The van der Waals surface area contributed by atoms with E-state index in [-0.39, 0.29) is 5.48 Å². The first kappa shape index (κ1) is 26.8. The first-order valence-electron chi connectivity index (χ1n) is 10.2. The van der Waals surface area contributed by atoms with Gasteiger partial charge in [-0.15, -0.1) is 0 Å². The topological polar surface area (TPSA) is 56.9 Å². The number of aryl methyl sites for hydroxylation is 1. The van der Waals surface area contributed by atoms with Crippen molar-refractivity contribution < 1.29 is 23.4 Å². The monoisotopic (exact) mass is 406 g/mol. The molecule has 1 atom stereocenters. The molecular formula is C21H37F3N2O2. The highest BCUT2D eigenvalue weighted by Crippen LogP contribution is 2.28. The van der Waals surface area contributed by atoms with Crippen molar-refractivity contribution >= 4 is 0 Å². The van der Waals surface area contributed by atoms with Crippen LogP contribution in [0.25, 0.3) is 0 Å². The van der Waals surface area contributed by atoms with E-state index in [0.29, 0.717) is 5.69 Å². The first-order chi connectivity index (χ1) is 12.9. The molecule has 0 amide bonds. The Labute approximate surface area is 167 Å². The maximum Gasteiger partial charge on any atom is 0.416 e. The van der Waals surface area contributed by atoms with E-state index in [0.717, 1.165) is 43.5 Å². The van der Waals surface area contributed by atoms with Gasteiger partial charge in [-0.3, -0.25) is 4.98 Å². The Morgan fingerprint density at radius 2 is 1.82 bits per heavy atom. The van der Waals surface area contributed by atoms with E-state index in [1.807, 2.05) is 13.8 Å². The molecule has 2 saturated heterocycles. The Balaban J connectivity index is 0.000000474. The molecule has 0 aliphatic carbocycles. The highest BCUT2D eigenvalue weighted by molar-refractivity contribution is 5.18. The van der Waals surface area contributed by atoms with Gasteiger partial charge in [0.05, 0.1) is 5.56 Å². The number of hydrogen-bond acceptors (Lipinski definition) is 3. The van der Waals surface area contributed by atoms with Crippen molar-refractivity contribution in [1.82, 2.24) is 9.88 Å². The number of rotatable bonds is 3. The number of likely N-dealkylation sites (tertiary alicyclic amines) is 1. The minimum Gasteiger partial charge on any atom is -0.412 e. The van der Waals surface area contributed by atoms with E-state index in [9.17, 15) is 13.2 Å². The van der Waals surface area contributed by atoms with Gasteiger partial charge in [0.1, 0.15) is 0 Å². The molecule has 28 heavy (non-hydrogen) atoms. The van der Waals surface area contributed by atoms with Crippen molar-refractivity contribution in [2.45, 2.75) is 72.0 Å². The zero-order valence-electron chi connectivity index (χ0n) is 17.7. The zero-order valence-corrected chi connectivity index (χ0v) is 17.7. The quantitative estimate of drug-likeness (QED) is 0.717. The van der Waals surface area contributed by atoms with Crippen molar-refractivity contribution in [2.75, 3.05) is 26.3 Å². The van der Waals surface area contributed by atoms with Gasteiger partial charge in [-0.1, -0.05) is 20.8 Å². The third-order valence-corrected chi connectivity index (χ3v) is 5.03. The maximum atomic E-state index is 11.9. The van der Waals surface area contributed by atoms with Crippen LogP contribution in [-0.4, -0.2) is 47.7 Å². The van der Waals surface area contributed by atoms with E-state index in [1.54, 1.807) is 0 Å². The van der Waals surface area contributed by atoms with Crippen LogP contribution in [0.1, 0.15) is 64.1 Å². The minimum absolute atomic E-state index is 0. The summed E-state index contributed by atoms with van der Waals surface area (Å²) in [7, 11) is 0. The van der Waals surface area contributed by atoms with Crippen LogP contribution in [0.2, 0.25) is 0 Å². The van der Waals surface area contributed by atoms with Crippen molar-refractivity contribution in [3.05, 3.63) is 29.6 Å². The van der Waals surface area contributed by atoms with Gasteiger partial charge in [0, 0.05) is 37.7 Å². The molecule has 1 aromatic heterocycles. The number of ether oxygens (including phenoxy) is 1. The Morgan fingerprint density at radius 1 is 1.18 bits per heavy atom. The average Bonchev–Trinajstić information content (AvgIpc) is 3.11. The molecule has 0 unspecified atom stereocenters.